The zero-order valence-electron chi connectivity index (χ0n) is 17.9. The summed E-state index contributed by atoms with van der Waals surface area (Å²) in [6.45, 7) is 1.73. The van der Waals surface area contributed by atoms with Gasteiger partial charge >= 0.3 is 0 Å². The quantitative estimate of drug-likeness (QED) is 0.458. The third-order valence-corrected chi connectivity index (χ3v) is 5.91. The first-order valence-corrected chi connectivity index (χ1v) is 10.5. The number of halogens is 1. The van der Waals surface area contributed by atoms with Gasteiger partial charge in [0.1, 0.15) is 5.82 Å². The lowest BCUT2D eigenvalue weighted by atomic mass is 9.95. The first kappa shape index (κ1) is 20.2. The van der Waals surface area contributed by atoms with Gasteiger partial charge in [-0.25, -0.2) is 4.39 Å². The maximum Gasteiger partial charge on any atom is 0.259 e. The average Bonchev–Trinajstić information content (AvgIpc) is 3.41. The Bertz CT molecular complexity index is 1410. The number of hydrogen-bond acceptors (Lipinski definition) is 3. The molecule has 2 N–H and O–H groups in total. The molecule has 3 heterocycles. The van der Waals surface area contributed by atoms with Crippen LogP contribution in [0.4, 0.5) is 4.39 Å². The Morgan fingerprint density at radius 2 is 1.72 bits per heavy atom. The van der Waals surface area contributed by atoms with Crippen LogP contribution in [0, 0.1) is 5.82 Å². The van der Waals surface area contributed by atoms with E-state index in [1.807, 2.05) is 44.6 Å². The van der Waals surface area contributed by atoms with Crippen molar-refractivity contribution in [1.82, 2.24) is 19.8 Å². The van der Waals surface area contributed by atoms with Gasteiger partial charge in [0, 0.05) is 51.9 Å². The molecule has 0 saturated heterocycles. The molecule has 162 valence electrons. The van der Waals surface area contributed by atoms with Crippen molar-refractivity contribution in [2.75, 3.05) is 20.6 Å². The normalized spacial score (nSPS) is 14.4. The Morgan fingerprint density at radius 1 is 0.969 bits per heavy atom. The molecule has 0 atom stereocenters. The molecule has 0 fully saturated rings. The number of carbonyl (C=O) groups excluding carboxylic acids is 2. The molecule has 2 aromatic carbocycles. The second kappa shape index (κ2) is 7.76. The smallest absolute Gasteiger partial charge is 0.259 e. The number of nitrogens with one attached hydrogen (secondary N) is 2. The number of imide groups is 1. The summed E-state index contributed by atoms with van der Waals surface area (Å²) >= 11 is 0. The second-order valence-electron chi connectivity index (χ2n) is 8.34. The largest absolute Gasteiger partial charge is 0.361 e. The van der Waals surface area contributed by atoms with Crippen LogP contribution in [0.2, 0.25) is 0 Å². The minimum Gasteiger partial charge on any atom is -0.361 e. The topological polar surface area (TPSA) is 70.1 Å². The highest BCUT2D eigenvalue weighted by atomic mass is 19.1. The van der Waals surface area contributed by atoms with E-state index < -0.39 is 17.6 Å². The van der Waals surface area contributed by atoms with Gasteiger partial charge in [-0.2, -0.15) is 0 Å². The molecular formula is C25H23FN4O2. The van der Waals surface area contributed by atoms with Gasteiger partial charge in [0.15, 0.2) is 0 Å². The molecule has 5 rings (SSSR count). The number of amides is 2. The minimum absolute atomic E-state index is 0.267. The van der Waals surface area contributed by atoms with Crippen LogP contribution in [0.15, 0.2) is 54.9 Å². The summed E-state index contributed by atoms with van der Waals surface area (Å²) in [6, 6.07) is 12.2. The Morgan fingerprint density at radius 3 is 2.50 bits per heavy atom. The van der Waals surface area contributed by atoms with Crippen molar-refractivity contribution < 1.29 is 14.0 Å². The maximum atomic E-state index is 14.0. The number of rotatable bonds is 6. The van der Waals surface area contributed by atoms with Crippen LogP contribution in [-0.4, -0.2) is 46.9 Å². The predicted octanol–water partition coefficient (Wildman–Crippen LogP) is 3.78. The molecule has 0 aliphatic carbocycles. The van der Waals surface area contributed by atoms with Crippen LogP contribution >= 0.6 is 0 Å². The molecule has 1 aliphatic rings. The fourth-order valence-corrected chi connectivity index (χ4v) is 4.46. The number of aromatic amines is 1. The Kier molecular flexibility index (Phi) is 4.90. The van der Waals surface area contributed by atoms with E-state index in [9.17, 15) is 14.0 Å². The average molecular weight is 430 g/mol. The maximum absolute atomic E-state index is 14.0. The molecular weight excluding hydrogens is 407 g/mol. The van der Waals surface area contributed by atoms with Gasteiger partial charge in [-0.1, -0.05) is 18.2 Å². The van der Waals surface area contributed by atoms with Crippen molar-refractivity contribution in [3.63, 3.8) is 0 Å². The third-order valence-electron chi connectivity index (χ3n) is 5.91. The molecule has 1 aliphatic heterocycles. The minimum atomic E-state index is -0.473. The van der Waals surface area contributed by atoms with Gasteiger partial charge in [0.25, 0.3) is 11.8 Å². The monoisotopic (exact) mass is 430 g/mol. The van der Waals surface area contributed by atoms with E-state index in [0.29, 0.717) is 27.6 Å². The van der Waals surface area contributed by atoms with Gasteiger partial charge < -0.3 is 14.5 Å². The molecule has 7 heteroatoms. The van der Waals surface area contributed by atoms with Gasteiger partial charge in [-0.3, -0.25) is 14.9 Å². The number of aryl methyl sites for hydroxylation is 1. The number of aromatic nitrogens is 2. The summed E-state index contributed by atoms with van der Waals surface area (Å²) in [7, 11) is 4.07. The first-order valence-electron chi connectivity index (χ1n) is 10.5. The van der Waals surface area contributed by atoms with E-state index in [1.165, 1.54) is 12.1 Å². The summed E-state index contributed by atoms with van der Waals surface area (Å²) in [6.07, 6.45) is 4.56. The molecule has 0 saturated carbocycles. The summed E-state index contributed by atoms with van der Waals surface area (Å²) in [5.74, 6) is -1.31. The van der Waals surface area contributed by atoms with Crippen LogP contribution in [-0.2, 0) is 16.1 Å². The predicted molar refractivity (Wildman–Crippen MR) is 123 cm³/mol. The molecule has 2 aromatic heterocycles. The Balaban J connectivity index is 1.71. The number of nitrogens with zero attached hydrogens (tertiary/aromatic N) is 2. The van der Waals surface area contributed by atoms with E-state index in [-0.39, 0.29) is 5.57 Å². The fourth-order valence-electron chi connectivity index (χ4n) is 4.46. The van der Waals surface area contributed by atoms with Gasteiger partial charge in [-0.05, 0) is 51.3 Å². The lowest BCUT2D eigenvalue weighted by Crippen LogP contribution is -2.22. The summed E-state index contributed by atoms with van der Waals surface area (Å²) in [5, 5.41) is 3.91. The number of para-hydroxylation sites is 1. The van der Waals surface area contributed by atoms with E-state index in [2.05, 4.69) is 19.8 Å². The highest BCUT2D eigenvalue weighted by Gasteiger charge is 2.35. The SMILES string of the molecule is CN(C)CCCn1cc(C2=C(c3c[nH]c4ccc(F)cc34)C(=O)NC2=O)c2ccccc21. The van der Waals surface area contributed by atoms with E-state index >= 15 is 0 Å². The number of benzene rings is 2. The molecule has 0 bridgehead atoms. The first-order chi connectivity index (χ1) is 15.4. The van der Waals surface area contributed by atoms with Gasteiger partial charge in [-0.15, -0.1) is 0 Å². The number of fused-ring (bicyclic) bond motifs is 2. The molecule has 0 unspecified atom stereocenters. The molecule has 6 nitrogen and oxygen atoms in total. The van der Waals surface area contributed by atoms with Crippen molar-refractivity contribution in [2.45, 2.75) is 13.0 Å². The summed E-state index contributed by atoms with van der Waals surface area (Å²) < 4.78 is 16.1. The zero-order valence-corrected chi connectivity index (χ0v) is 17.9. The van der Waals surface area contributed by atoms with Gasteiger partial charge in [0.05, 0.1) is 11.1 Å². The third kappa shape index (κ3) is 3.31. The van der Waals surface area contributed by atoms with Crippen LogP contribution in [0.25, 0.3) is 33.0 Å². The molecule has 2 amide bonds. The lowest BCUT2D eigenvalue weighted by molar-refractivity contribution is -0.122. The second-order valence-corrected chi connectivity index (χ2v) is 8.34. The van der Waals surface area contributed by atoms with Crippen LogP contribution in [0.1, 0.15) is 17.5 Å². The summed E-state index contributed by atoms with van der Waals surface area (Å²) in [5.41, 5.74) is 3.51. The van der Waals surface area contributed by atoms with E-state index in [1.54, 1.807) is 12.3 Å². The van der Waals surface area contributed by atoms with Crippen molar-refractivity contribution in [2.24, 2.45) is 0 Å². The van der Waals surface area contributed by atoms with Crippen molar-refractivity contribution in [3.05, 3.63) is 71.8 Å². The molecule has 0 radical (unpaired) electrons. The highest BCUT2D eigenvalue weighted by molar-refractivity contribution is 6.50. The molecule has 4 aromatic rings. The van der Waals surface area contributed by atoms with Crippen LogP contribution in [0.3, 0.4) is 0 Å². The molecule has 32 heavy (non-hydrogen) atoms. The molecule has 0 spiro atoms. The number of hydrogen-bond donors (Lipinski definition) is 2. The Labute approximate surface area is 184 Å². The fraction of sp³-hybridized carbons (Fsp3) is 0.200. The standard InChI is InChI=1S/C25H23FN4O2/c1-29(2)10-5-11-30-14-19(16-6-3-4-7-21(16)30)23-22(24(31)28-25(23)32)18-13-27-20-9-8-15(26)12-17(18)20/h3-4,6-9,12-14,27H,5,10-11H2,1-2H3,(H,28,31,32). The lowest BCUT2D eigenvalue weighted by Gasteiger charge is -2.10. The highest BCUT2D eigenvalue weighted by Crippen LogP contribution is 2.38. The van der Waals surface area contributed by atoms with Gasteiger partial charge in [0.2, 0.25) is 0 Å². The number of H-pyrrole nitrogens is 1. The van der Waals surface area contributed by atoms with E-state index in [0.717, 1.165) is 30.4 Å². The van der Waals surface area contributed by atoms with Crippen LogP contribution in [0.5, 0.6) is 0 Å². The van der Waals surface area contributed by atoms with Crippen molar-refractivity contribution in [1.29, 1.82) is 0 Å². The van der Waals surface area contributed by atoms with Crippen molar-refractivity contribution >= 4 is 44.8 Å². The van der Waals surface area contributed by atoms with E-state index in [4.69, 9.17) is 0 Å². The summed E-state index contributed by atoms with van der Waals surface area (Å²) in [4.78, 5) is 31.0. The number of carbonyl (C=O) groups is 2. The zero-order chi connectivity index (χ0) is 22.4. The van der Waals surface area contributed by atoms with Crippen LogP contribution < -0.4 is 5.32 Å². The Hall–Kier alpha value is -3.71. The van der Waals surface area contributed by atoms with Crippen molar-refractivity contribution in [3.8, 4) is 0 Å².